The zero-order valence-corrected chi connectivity index (χ0v) is 14.8. The van der Waals surface area contributed by atoms with Gasteiger partial charge in [0.1, 0.15) is 0 Å². The highest BCUT2D eigenvalue weighted by Crippen LogP contribution is 2.28. The van der Waals surface area contributed by atoms with Gasteiger partial charge in [-0.15, -0.1) is 0 Å². The fourth-order valence-electron chi connectivity index (χ4n) is 3.38. The molecule has 2 N–H and O–H groups in total. The summed E-state index contributed by atoms with van der Waals surface area (Å²) in [4.78, 5) is 16.1. The Morgan fingerprint density at radius 3 is 2.71 bits per heavy atom. The summed E-state index contributed by atoms with van der Waals surface area (Å²) >= 11 is 6.05. The predicted octanol–water partition coefficient (Wildman–Crippen LogP) is 4.53. The second-order valence-electron chi connectivity index (χ2n) is 6.53. The Kier molecular flexibility index (Phi) is 5.56. The number of hydrogen-bond acceptors (Lipinski definition) is 3. The minimum absolute atomic E-state index is 0.186. The maximum absolute atomic E-state index is 11.7. The van der Waals surface area contributed by atoms with Gasteiger partial charge in [-0.25, -0.2) is 0 Å². The number of hydrogen-bond donors (Lipinski definition) is 2. The summed E-state index contributed by atoms with van der Waals surface area (Å²) in [5, 5.41) is 8.60. The van der Waals surface area contributed by atoms with E-state index >= 15 is 0 Å². The Bertz CT molecular complexity index is 711. The summed E-state index contributed by atoms with van der Waals surface area (Å²) in [6.45, 7) is 2.03. The molecular formula is C19H24ClN3O. The van der Waals surface area contributed by atoms with Crippen LogP contribution in [0.2, 0.25) is 5.02 Å². The van der Waals surface area contributed by atoms with Crippen molar-refractivity contribution < 1.29 is 4.79 Å². The molecule has 128 valence electrons. The van der Waals surface area contributed by atoms with Gasteiger partial charge in [-0.1, -0.05) is 18.5 Å². The second-order valence-corrected chi connectivity index (χ2v) is 6.97. The zero-order valence-electron chi connectivity index (χ0n) is 14.0. The van der Waals surface area contributed by atoms with Gasteiger partial charge in [-0.2, -0.15) is 0 Å². The molecule has 1 fully saturated rings. The first-order chi connectivity index (χ1) is 11.7. The number of nitrogens with zero attached hydrogens (tertiary/aromatic N) is 1. The van der Waals surface area contributed by atoms with Crippen molar-refractivity contribution >= 4 is 34.1 Å². The van der Waals surface area contributed by atoms with Gasteiger partial charge in [0.05, 0.1) is 5.52 Å². The number of fused-ring (bicyclic) bond motifs is 1. The van der Waals surface area contributed by atoms with Crippen LogP contribution >= 0.6 is 11.6 Å². The number of rotatable bonds is 5. The number of amides is 1. The van der Waals surface area contributed by atoms with Gasteiger partial charge in [0.2, 0.25) is 5.91 Å². The molecule has 5 heteroatoms. The first kappa shape index (κ1) is 17.0. The third-order valence-electron chi connectivity index (χ3n) is 4.63. The second kappa shape index (κ2) is 7.84. The molecule has 0 radical (unpaired) electrons. The van der Waals surface area contributed by atoms with E-state index in [0.29, 0.717) is 23.5 Å². The summed E-state index contributed by atoms with van der Waals surface area (Å²) in [6, 6.07) is 8.59. The van der Waals surface area contributed by atoms with Crippen molar-refractivity contribution in [3.05, 3.63) is 35.5 Å². The Labute approximate surface area is 148 Å². The zero-order chi connectivity index (χ0) is 16.9. The van der Waals surface area contributed by atoms with Crippen LogP contribution in [-0.2, 0) is 4.79 Å². The van der Waals surface area contributed by atoms with Gasteiger partial charge >= 0.3 is 0 Å². The van der Waals surface area contributed by atoms with Crippen LogP contribution in [0.15, 0.2) is 30.5 Å². The van der Waals surface area contributed by atoms with Gasteiger partial charge in [0, 0.05) is 40.8 Å². The number of benzene rings is 1. The van der Waals surface area contributed by atoms with Gasteiger partial charge < -0.3 is 10.6 Å². The molecule has 0 spiro atoms. The van der Waals surface area contributed by atoms with E-state index in [9.17, 15) is 4.79 Å². The van der Waals surface area contributed by atoms with Crippen LogP contribution in [0.3, 0.4) is 0 Å². The topological polar surface area (TPSA) is 54.0 Å². The molecule has 3 rings (SSSR count). The highest BCUT2D eigenvalue weighted by molar-refractivity contribution is 6.31. The fourth-order valence-corrected chi connectivity index (χ4v) is 3.54. The summed E-state index contributed by atoms with van der Waals surface area (Å²) in [5.74, 6) is 0.186. The maximum Gasteiger partial charge on any atom is 0.220 e. The third kappa shape index (κ3) is 4.18. The summed E-state index contributed by atoms with van der Waals surface area (Å²) in [5.41, 5.74) is 2.02. The lowest BCUT2D eigenvalue weighted by atomic mass is 9.90. The van der Waals surface area contributed by atoms with Crippen molar-refractivity contribution in [2.45, 2.75) is 57.5 Å². The van der Waals surface area contributed by atoms with Gasteiger partial charge in [0.25, 0.3) is 0 Å². The lowest BCUT2D eigenvalue weighted by Gasteiger charge is -2.30. The third-order valence-corrected chi connectivity index (χ3v) is 4.87. The van der Waals surface area contributed by atoms with Crippen LogP contribution in [0.4, 0.5) is 5.69 Å². The van der Waals surface area contributed by atoms with Crippen molar-refractivity contribution in [2.75, 3.05) is 5.32 Å². The van der Waals surface area contributed by atoms with Crippen molar-refractivity contribution in [1.29, 1.82) is 0 Å². The first-order valence-corrected chi connectivity index (χ1v) is 9.13. The van der Waals surface area contributed by atoms with Crippen molar-refractivity contribution in [3.8, 4) is 0 Å². The normalized spacial score (nSPS) is 20.8. The highest BCUT2D eigenvalue weighted by Gasteiger charge is 2.22. The quantitative estimate of drug-likeness (QED) is 0.837. The number of carbonyl (C=O) groups excluding carboxylic acids is 1. The van der Waals surface area contributed by atoms with Crippen LogP contribution in [0.25, 0.3) is 10.9 Å². The molecule has 0 unspecified atom stereocenters. The summed E-state index contributed by atoms with van der Waals surface area (Å²) in [7, 11) is 0. The van der Waals surface area contributed by atoms with E-state index in [0.717, 1.165) is 48.7 Å². The van der Waals surface area contributed by atoms with Crippen LogP contribution in [0.5, 0.6) is 0 Å². The largest absolute Gasteiger partial charge is 0.382 e. The van der Waals surface area contributed by atoms with Crippen LogP contribution in [0, 0.1) is 0 Å². The van der Waals surface area contributed by atoms with E-state index in [-0.39, 0.29) is 5.91 Å². The van der Waals surface area contributed by atoms with E-state index in [1.54, 1.807) is 0 Å². The number of nitrogens with one attached hydrogen (secondary N) is 2. The van der Waals surface area contributed by atoms with Crippen molar-refractivity contribution in [2.24, 2.45) is 0 Å². The molecule has 4 nitrogen and oxygen atoms in total. The van der Waals surface area contributed by atoms with Gasteiger partial charge in [0.15, 0.2) is 0 Å². The molecule has 1 aromatic heterocycles. The molecule has 1 amide bonds. The lowest BCUT2D eigenvalue weighted by Crippen LogP contribution is -2.40. The minimum Gasteiger partial charge on any atom is -0.382 e. The molecule has 1 aliphatic carbocycles. The number of pyridine rings is 1. The molecule has 0 atom stereocenters. The van der Waals surface area contributed by atoms with E-state index in [1.165, 1.54) is 0 Å². The SMILES string of the molecule is CCCC(=O)NC1CCC(Nc2ccnc3cc(Cl)ccc23)CC1. The average molecular weight is 346 g/mol. The molecule has 2 aromatic rings. The minimum atomic E-state index is 0.186. The van der Waals surface area contributed by atoms with E-state index < -0.39 is 0 Å². The monoisotopic (exact) mass is 345 g/mol. The first-order valence-electron chi connectivity index (χ1n) is 8.76. The van der Waals surface area contributed by atoms with Gasteiger partial charge in [-0.05, 0) is 56.4 Å². The van der Waals surface area contributed by atoms with Crippen LogP contribution in [-0.4, -0.2) is 23.0 Å². The smallest absolute Gasteiger partial charge is 0.220 e. The Morgan fingerprint density at radius 1 is 1.21 bits per heavy atom. The van der Waals surface area contributed by atoms with Gasteiger partial charge in [-0.3, -0.25) is 9.78 Å². The molecule has 0 bridgehead atoms. The molecule has 24 heavy (non-hydrogen) atoms. The Balaban J connectivity index is 1.59. The fraction of sp³-hybridized carbons (Fsp3) is 0.474. The molecule has 1 saturated carbocycles. The van der Waals surface area contributed by atoms with Crippen LogP contribution < -0.4 is 10.6 Å². The molecular weight excluding hydrogens is 322 g/mol. The number of aromatic nitrogens is 1. The number of anilines is 1. The Hall–Kier alpha value is -1.81. The van der Waals surface area contributed by atoms with Crippen molar-refractivity contribution in [3.63, 3.8) is 0 Å². The maximum atomic E-state index is 11.7. The Morgan fingerprint density at radius 2 is 1.96 bits per heavy atom. The molecule has 0 aliphatic heterocycles. The molecule has 1 aliphatic rings. The molecule has 0 saturated heterocycles. The summed E-state index contributed by atoms with van der Waals surface area (Å²) in [6.07, 6.45) is 7.54. The molecule has 1 aromatic carbocycles. The lowest BCUT2D eigenvalue weighted by molar-refractivity contribution is -0.122. The van der Waals surface area contributed by atoms with Crippen LogP contribution in [0.1, 0.15) is 45.4 Å². The van der Waals surface area contributed by atoms with E-state index in [1.807, 2.05) is 37.4 Å². The highest BCUT2D eigenvalue weighted by atomic mass is 35.5. The number of carbonyl (C=O) groups is 1. The summed E-state index contributed by atoms with van der Waals surface area (Å²) < 4.78 is 0. The standard InChI is InChI=1S/C19H24ClN3O/c1-2-3-19(24)23-15-7-5-14(6-8-15)22-17-10-11-21-18-12-13(20)4-9-16(17)18/h4,9-12,14-15H,2-3,5-8H2,1H3,(H,21,22)(H,23,24). The molecule has 1 heterocycles. The van der Waals surface area contributed by atoms with Crippen molar-refractivity contribution in [1.82, 2.24) is 10.3 Å². The van der Waals surface area contributed by atoms with E-state index in [4.69, 9.17) is 11.6 Å². The predicted molar refractivity (Wildman–Crippen MR) is 99.5 cm³/mol. The number of halogens is 1. The average Bonchev–Trinajstić information content (AvgIpc) is 2.57. The van der Waals surface area contributed by atoms with E-state index in [2.05, 4.69) is 15.6 Å².